The van der Waals surface area contributed by atoms with Crippen LogP contribution in [0.1, 0.15) is 22.8 Å². The SMILES string of the molecule is COc1cc(/C=N\NC(=O)[C@@H](C)Oc2ccc(Br)cc2)ccc1OC(=O)c1cccc(Br)c1. The average Bonchev–Trinajstić information content (AvgIpc) is 2.81. The van der Waals surface area contributed by atoms with Crippen molar-refractivity contribution in [3.63, 3.8) is 0 Å². The van der Waals surface area contributed by atoms with Crippen LogP contribution in [0.15, 0.2) is 80.8 Å². The average molecular weight is 576 g/mol. The highest BCUT2D eigenvalue weighted by Crippen LogP contribution is 2.28. The quantitative estimate of drug-likeness (QED) is 0.169. The van der Waals surface area contributed by atoms with Crippen molar-refractivity contribution in [2.45, 2.75) is 13.0 Å². The first-order valence-corrected chi connectivity index (χ1v) is 11.3. The van der Waals surface area contributed by atoms with E-state index in [4.69, 9.17) is 14.2 Å². The number of halogens is 2. The van der Waals surface area contributed by atoms with Gasteiger partial charge in [0.05, 0.1) is 18.9 Å². The van der Waals surface area contributed by atoms with E-state index in [0.29, 0.717) is 22.6 Å². The lowest BCUT2D eigenvalue weighted by molar-refractivity contribution is -0.127. The summed E-state index contributed by atoms with van der Waals surface area (Å²) in [6.45, 7) is 1.63. The highest BCUT2D eigenvalue weighted by atomic mass is 79.9. The van der Waals surface area contributed by atoms with Crippen LogP contribution in [0.5, 0.6) is 17.2 Å². The standard InChI is InChI=1S/C24H20Br2N2O5/c1-15(32-20-9-7-18(25)8-10-20)23(29)28-27-14-16-6-11-21(22(12-16)31-2)33-24(30)17-4-3-5-19(26)13-17/h3-15H,1-2H3,(H,28,29)/b27-14-/t15-/m1/s1. The first kappa shape index (κ1) is 24.5. The van der Waals surface area contributed by atoms with Crippen molar-refractivity contribution in [3.05, 3.63) is 86.8 Å². The third kappa shape index (κ3) is 7.16. The molecular weight excluding hydrogens is 556 g/mol. The van der Waals surface area contributed by atoms with E-state index < -0.39 is 18.0 Å². The van der Waals surface area contributed by atoms with Crippen LogP contribution in [0.4, 0.5) is 0 Å². The Kier molecular flexibility index (Phi) is 8.62. The normalized spacial score (nSPS) is 11.6. The molecule has 33 heavy (non-hydrogen) atoms. The molecule has 0 bridgehead atoms. The summed E-state index contributed by atoms with van der Waals surface area (Å²) in [7, 11) is 1.47. The fourth-order valence-corrected chi connectivity index (χ4v) is 3.32. The molecule has 0 aliphatic rings. The number of hydrogen-bond donors (Lipinski definition) is 1. The molecule has 0 aliphatic heterocycles. The van der Waals surface area contributed by atoms with Gasteiger partial charge in [-0.25, -0.2) is 10.2 Å². The third-order valence-electron chi connectivity index (χ3n) is 4.33. The highest BCUT2D eigenvalue weighted by Gasteiger charge is 2.15. The van der Waals surface area contributed by atoms with E-state index in [1.165, 1.54) is 13.3 Å². The predicted molar refractivity (Wildman–Crippen MR) is 132 cm³/mol. The molecule has 0 heterocycles. The van der Waals surface area contributed by atoms with Crippen molar-refractivity contribution in [1.82, 2.24) is 5.43 Å². The second-order valence-corrected chi connectivity index (χ2v) is 8.59. The lowest BCUT2D eigenvalue weighted by Crippen LogP contribution is -2.33. The van der Waals surface area contributed by atoms with Gasteiger partial charge in [0.1, 0.15) is 5.75 Å². The Balaban J connectivity index is 1.60. The van der Waals surface area contributed by atoms with Gasteiger partial charge in [-0.3, -0.25) is 4.79 Å². The summed E-state index contributed by atoms with van der Waals surface area (Å²) in [5, 5.41) is 3.96. The molecule has 0 saturated heterocycles. The number of amides is 1. The van der Waals surface area contributed by atoms with Gasteiger partial charge in [0, 0.05) is 8.95 Å². The Morgan fingerprint density at radius 1 is 0.970 bits per heavy atom. The maximum atomic E-state index is 12.4. The van der Waals surface area contributed by atoms with Gasteiger partial charge in [-0.05, 0) is 73.2 Å². The molecule has 1 atom stereocenters. The summed E-state index contributed by atoms with van der Waals surface area (Å²) >= 11 is 6.68. The summed E-state index contributed by atoms with van der Waals surface area (Å²) in [4.78, 5) is 24.6. The van der Waals surface area contributed by atoms with Gasteiger partial charge in [-0.2, -0.15) is 5.10 Å². The minimum atomic E-state index is -0.738. The minimum Gasteiger partial charge on any atom is -0.493 e. The molecule has 9 heteroatoms. The lowest BCUT2D eigenvalue weighted by Gasteiger charge is -2.13. The van der Waals surface area contributed by atoms with E-state index in [9.17, 15) is 9.59 Å². The zero-order valence-corrected chi connectivity index (χ0v) is 20.9. The van der Waals surface area contributed by atoms with Gasteiger partial charge >= 0.3 is 5.97 Å². The Labute approximate surface area is 208 Å². The number of methoxy groups -OCH3 is 1. The Morgan fingerprint density at radius 3 is 2.42 bits per heavy atom. The molecule has 3 aromatic carbocycles. The smallest absolute Gasteiger partial charge is 0.343 e. The zero-order valence-electron chi connectivity index (χ0n) is 17.7. The van der Waals surface area contributed by atoms with E-state index in [0.717, 1.165) is 8.95 Å². The lowest BCUT2D eigenvalue weighted by atomic mass is 10.2. The van der Waals surface area contributed by atoms with Crippen molar-refractivity contribution in [3.8, 4) is 17.2 Å². The van der Waals surface area contributed by atoms with Crippen LogP contribution in [-0.4, -0.2) is 31.3 Å². The number of hydrogen-bond acceptors (Lipinski definition) is 6. The molecule has 170 valence electrons. The fraction of sp³-hybridized carbons (Fsp3) is 0.125. The summed E-state index contributed by atoms with van der Waals surface area (Å²) < 4.78 is 18.1. The molecule has 1 N–H and O–H groups in total. The van der Waals surface area contributed by atoms with E-state index in [2.05, 4.69) is 42.4 Å². The predicted octanol–water partition coefficient (Wildman–Crippen LogP) is 5.36. The maximum absolute atomic E-state index is 12.4. The number of carbonyl (C=O) groups is 2. The van der Waals surface area contributed by atoms with Crippen LogP contribution in [0.2, 0.25) is 0 Å². The van der Waals surface area contributed by atoms with Crippen LogP contribution < -0.4 is 19.6 Å². The summed E-state index contributed by atoms with van der Waals surface area (Å²) in [6, 6.07) is 19.0. The van der Waals surface area contributed by atoms with Crippen molar-refractivity contribution in [2.24, 2.45) is 5.10 Å². The molecule has 0 aliphatic carbocycles. The summed E-state index contributed by atoms with van der Waals surface area (Å²) in [6.07, 6.45) is 0.713. The number of carbonyl (C=O) groups excluding carboxylic acids is 2. The van der Waals surface area contributed by atoms with Gasteiger partial charge in [-0.1, -0.05) is 37.9 Å². The number of esters is 1. The number of benzene rings is 3. The molecule has 0 spiro atoms. The van der Waals surface area contributed by atoms with Crippen molar-refractivity contribution >= 4 is 50.0 Å². The molecule has 0 fully saturated rings. The number of nitrogens with one attached hydrogen (secondary N) is 1. The second kappa shape index (κ2) is 11.6. The van der Waals surface area contributed by atoms with E-state index in [-0.39, 0.29) is 5.75 Å². The van der Waals surface area contributed by atoms with Crippen molar-refractivity contribution < 1.29 is 23.8 Å². The largest absolute Gasteiger partial charge is 0.493 e. The van der Waals surface area contributed by atoms with Gasteiger partial charge in [0.25, 0.3) is 5.91 Å². The monoisotopic (exact) mass is 574 g/mol. The van der Waals surface area contributed by atoms with Gasteiger partial charge < -0.3 is 14.2 Å². The maximum Gasteiger partial charge on any atom is 0.343 e. The molecule has 1 amide bonds. The first-order valence-electron chi connectivity index (χ1n) is 9.76. The fourth-order valence-electron chi connectivity index (χ4n) is 2.66. The van der Waals surface area contributed by atoms with E-state index >= 15 is 0 Å². The van der Waals surface area contributed by atoms with Gasteiger partial charge in [-0.15, -0.1) is 0 Å². The number of ether oxygens (including phenoxy) is 3. The number of rotatable bonds is 8. The molecular formula is C24H20Br2N2O5. The van der Waals surface area contributed by atoms with Crippen molar-refractivity contribution in [2.75, 3.05) is 7.11 Å². The molecule has 0 aromatic heterocycles. The Bertz CT molecular complexity index is 1170. The number of hydrazone groups is 1. The molecule has 3 rings (SSSR count). The summed E-state index contributed by atoms with van der Waals surface area (Å²) in [5.74, 6) is 0.270. The zero-order chi connectivity index (χ0) is 23.8. The van der Waals surface area contributed by atoms with Gasteiger partial charge in [0.15, 0.2) is 17.6 Å². The molecule has 0 radical (unpaired) electrons. The Hall–Kier alpha value is -3.17. The van der Waals surface area contributed by atoms with Crippen LogP contribution in [0.3, 0.4) is 0 Å². The summed E-state index contributed by atoms with van der Waals surface area (Å²) in [5.41, 5.74) is 3.48. The second-order valence-electron chi connectivity index (χ2n) is 6.76. The third-order valence-corrected chi connectivity index (χ3v) is 5.36. The molecule has 3 aromatic rings. The first-order chi connectivity index (χ1) is 15.9. The van der Waals surface area contributed by atoms with Crippen LogP contribution in [0, 0.1) is 0 Å². The van der Waals surface area contributed by atoms with E-state index in [1.54, 1.807) is 55.5 Å². The van der Waals surface area contributed by atoms with Crippen LogP contribution >= 0.6 is 31.9 Å². The van der Waals surface area contributed by atoms with Crippen LogP contribution in [0.25, 0.3) is 0 Å². The van der Waals surface area contributed by atoms with Crippen molar-refractivity contribution in [1.29, 1.82) is 0 Å². The number of nitrogens with zero attached hydrogens (tertiary/aromatic N) is 1. The molecule has 7 nitrogen and oxygen atoms in total. The Morgan fingerprint density at radius 2 is 1.73 bits per heavy atom. The molecule has 0 saturated carbocycles. The van der Waals surface area contributed by atoms with E-state index in [1.807, 2.05) is 18.2 Å². The minimum absolute atomic E-state index is 0.264. The van der Waals surface area contributed by atoms with Gasteiger partial charge in [0.2, 0.25) is 0 Å². The molecule has 0 unspecified atom stereocenters. The topological polar surface area (TPSA) is 86.2 Å². The highest BCUT2D eigenvalue weighted by molar-refractivity contribution is 9.10. The van der Waals surface area contributed by atoms with Crippen LogP contribution in [-0.2, 0) is 4.79 Å².